The molecule has 27 heavy (non-hydrogen) atoms. The summed E-state index contributed by atoms with van der Waals surface area (Å²) in [6.45, 7) is 2.46. The lowest BCUT2D eigenvalue weighted by atomic mass is 10.0. The SMILES string of the molecule is CCC(OC(=O)c1cccc2ocnc12)C(=O)N1CCCc2ccccc21. The van der Waals surface area contributed by atoms with Gasteiger partial charge in [0.05, 0.1) is 5.56 Å². The van der Waals surface area contributed by atoms with Crippen LogP contribution in [0.5, 0.6) is 0 Å². The summed E-state index contributed by atoms with van der Waals surface area (Å²) in [6.07, 6.45) is 2.69. The number of carbonyl (C=O) groups excluding carboxylic acids is 2. The van der Waals surface area contributed by atoms with Crippen LogP contribution < -0.4 is 4.90 Å². The summed E-state index contributed by atoms with van der Waals surface area (Å²) >= 11 is 0. The first-order valence-corrected chi connectivity index (χ1v) is 9.11. The number of hydrogen-bond donors (Lipinski definition) is 0. The molecule has 1 aromatic heterocycles. The van der Waals surface area contributed by atoms with Crippen molar-refractivity contribution >= 4 is 28.7 Å². The molecule has 6 heteroatoms. The van der Waals surface area contributed by atoms with Crippen molar-refractivity contribution in [3.05, 3.63) is 60.0 Å². The van der Waals surface area contributed by atoms with Crippen LogP contribution in [0, 0.1) is 0 Å². The maximum Gasteiger partial charge on any atom is 0.341 e. The third-order valence-corrected chi connectivity index (χ3v) is 4.85. The summed E-state index contributed by atoms with van der Waals surface area (Å²) in [5.41, 5.74) is 3.29. The fourth-order valence-electron chi connectivity index (χ4n) is 3.49. The molecular weight excluding hydrogens is 344 g/mol. The lowest BCUT2D eigenvalue weighted by Crippen LogP contribution is -2.43. The monoisotopic (exact) mass is 364 g/mol. The molecule has 1 amide bonds. The number of para-hydroxylation sites is 2. The third kappa shape index (κ3) is 3.18. The Hall–Kier alpha value is -3.15. The maximum absolute atomic E-state index is 13.1. The lowest BCUT2D eigenvalue weighted by molar-refractivity contribution is -0.127. The molecule has 0 aliphatic carbocycles. The van der Waals surface area contributed by atoms with Crippen LogP contribution in [0.2, 0.25) is 0 Å². The van der Waals surface area contributed by atoms with Gasteiger partial charge in [0.1, 0.15) is 5.52 Å². The van der Waals surface area contributed by atoms with E-state index in [-0.39, 0.29) is 5.91 Å². The van der Waals surface area contributed by atoms with E-state index in [4.69, 9.17) is 9.15 Å². The highest BCUT2D eigenvalue weighted by atomic mass is 16.5. The van der Waals surface area contributed by atoms with E-state index in [1.807, 2.05) is 31.2 Å². The van der Waals surface area contributed by atoms with Crippen LogP contribution in [0.3, 0.4) is 0 Å². The highest BCUT2D eigenvalue weighted by Crippen LogP contribution is 2.28. The van der Waals surface area contributed by atoms with Crippen LogP contribution in [-0.2, 0) is 16.0 Å². The minimum absolute atomic E-state index is 0.190. The van der Waals surface area contributed by atoms with Gasteiger partial charge in [0.2, 0.25) is 0 Å². The Morgan fingerprint density at radius 1 is 1.22 bits per heavy atom. The van der Waals surface area contributed by atoms with Crippen LogP contribution >= 0.6 is 0 Å². The van der Waals surface area contributed by atoms with E-state index in [1.165, 1.54) is 6.39 Å². The number of nitrogens with zero attached hydrogens (tertiary/aromatic N) is 2. The minimum Gasteiger partial charge on any atom is -0.449 e. The number of hydrogen-bond acceptors (Lipinski definition) is 5. The van der Waals surface area contributed by atoms with Gasteiger partial charge in [-0.15, -0.1) is 0 Å². The van der Waals surface area contributed by atoms with Crippen LogP contribution in [0.4, 0.5) is 5.69 Å². The number of benzene rings is 2. The van der Waals surface area contributed by atoms with Crippen molar-refractivity contribution in [1.82, 2.24) is 4.98 Å². The van der Waals surface area contributed by atoms with E-state index in [9.17, 15) is 9.59 Å². The molecule has 6 nitrogen and oxygen atoms in total. The molecule has 0 spiro atoms. The van der Waals surface area contributed by atoms with Gasteiger partial charge in [0.15, 0.2) is 18.1 Å². The molecule has 0 radical (unpaired) electrons. The molecular formula is C21H20N2O4. The molecule has 3 aromatic rings. The normalized spacial score (nSPS) is 14.6. The van der Waals surface area contributed by atoms with Gasteiger partial charge in [-0.1, -0.05) is 31.2 Å². The Labute approximate surface area is 156 Å². The molecule has 1 unspecified atom stereocenters. The number of oxazole rings is 1. The number of rotatable bonds is 4. The van der Waals surface area contributed by atoms with E-state index in [0.29, 0.717) is 29.6 Å². The van der Waals surface area contributed by atoms with E-state index < -0.39 is 12.1 Å². The molecule has 2 heterocycles. The Morgan fingerprint density at radius 3 is 2.93 bits per heavy atom. The Morgan fingerprint density at radius 2 is 2.07 bits per heavy atom. The molecule has 1 aliphatic heterocycles. The first kappa shape index (κ1) is 17.3. The summed E-state index contributed by atoms with van der Waals surface area (Å²) in [4.78, 5) is 31.6. The first-order chi connectivity index (χ1) is 13.2. The Kier molecular flexibility index (Phi) is 4.62. The number of ether oxygens (including phenoxy) is 1. The zero-order valence-electron chi connectivity index (χ0n) is 15.1. The molecule has 0 N–H and O–H groups in total. The molecule has 0 saturated carbocycles. The van der Waals surface area contributed by atoms with Crippen LogP contribution in [0.25, 0.3) is 11.1 Å². The maximum atomic E-state index is 13.1. The second-order valence-electron chi connectivity index (χ2n) is 6.53. The number of anilines is 1. The first-order valence-electron chi connectivity index (χ1n) is 9.11. The quantitative estimate of drug-likeness (QED) is 0.660. The van der Waals surface area contributed by atoms with Crippen molar-refractivity contribution < 1.29 is 18.7 Å². The standard InChI is InChI=1S/C21H20N2O4/c1-2-17(20(24)23-12-6-8-14-7-3-4-10-16(14)23)27-21(25)15-9-5-11-18-19(15)22-13-26-18/h3-5,7,9-11,13,17H,2,6,8,12H2,1H3. The lowest BCUT2D eigenvalue weighted by Gasteiger charge is -2.31. The average molecular weight is 364 g/mol. The van der Waals surface area contributed by atoms with Crippen molar-refractivity contribution in [2.75, 3.05) is 11.4 Å². The van der Waals surface area contributed by atoms with Gasteiger partial charge in [-0.25, -0.2) is 9.78 Å². The molecule has 2 aromatic carbocycles. The summed E-state index contributed by atoms with van der Waals surface area (Å²) < 4.78 is 10.8. The molecule has 138 valence electrons. The smallest absolute Gasteiger partial charge is 0.341 e. The van der Waals surface area contributed by atoms with Crippen molar-refractivity contribution in [3.63, 3.8) is 0 Å². The molecule has 0 saturated heterocycles. The summed E-state index contributed by atoms with van der Waals surface area (Å²) in [7, 11) is 0. The largest absolute Gasteiger partial charge is 0.449 e. The van der Waals surface area contributed by atoms with Gasteiger partial charge in [0.25, 0.3) is 5.91 Å². The average Bonchev–Trinajstić information content (AvgIpc) is 3.19. The third-order valence-electron chi connectivity index (χ3n) is 4.85. The van der Waals surface area contributed by atoms with Gasteiger partial charge >= 0.3 is 5.97 Å². The number of fused-ring (bicyclic) bond motifs is 2. The molecule has 0 bridgehead atoms. The number of aromatic nitrogens is 1. The highest BCUT2D eigenvalue weighted by molar-refractivity contribution is 6.04. The molecule has 1 atom stereocenters. The van der Waals surface area contributed by atoms with Crippen molar-refractivity contribution in [2.24, 2.45) is 0 Å². The number of esters is 1. The predicted molar refractivity (Wildman–Crippen MR) is 101 cm³/mol. The minimum atomic E-state index is -0.842. The number of aryl methyl sites for hydroxylation is 1. The van der Waals surface area contributed by atoms with Gasteiger partial charge in [-0.05, 0) is 43.0 Å². The number of carbonyl (C=O) groups is 2. The fraction of sp³-hybridized carbons (Fsp3) is 0.286. The van der Waals surface area contributed by atoms with E-state index in [0.717, 1.165) is 24.1 Å². The fourth-order valence-corrected chi connectivity index (χ4v) is 3.49. The van der Waals surface area contributed by atoms with Crippen molar-refractivity contribution in [3.8, 4) is 0 Å². The molecule has 4 rings (SSSR count). The highest BCUT2D eigenvalue weighted by Gasteiger charge is 2.31. The Balaban J connectivity index is 1.57. The zero-order valence-corrected chi connectivity index (χ0v) is 15.1. The van der Waals surface area contributed by atoms with Gasteiger partial charge < -0.3 is 14.1 Å². The van der Waals surface area contributed by atoms with Crippen LogP contribution in [0.15, 0.2) is 53.3 Å². The second kappa shape index (κ2) is 7.23. The Bertz CT molecular complexity index is 995. The molecule has 0 fully saturated rings. The van der Waals surface area contributed by atoms with Crippen molar-refractivity contribution in [2.45, 2.75) is 32.3 Å². The van der Waals surface area contributed by atoms with Gasteiger partial charge in [-0.3, -0.25) is 4.79 Å². The van der Waals surface area contributed by atoms with Crippen LogP contribution in [0.1, 0.15) is 35.7 Å². The van der Waals surface area contributed by atoms with Crippen molar-refractivity contribution in [1.29, 1.82) is 0 Å². The zero-order chi connectivity index (χ0) is 18.8. The van der Waals surface area contributed by atoms with E-state index in [1.54, 1.807) is 23.1 Å². The predicted octanol–water partition coefficient (Wildman–Crippen LogP) is 3.74. The summed E-state index contributed by atoms with van der Waals surface area (Å²) in [6, 6.07) is 12.9. The molecule has 1 aliphatic rings. The summed E-state index contributed by atoms with van der Waals surface area (Å²) in [5, 5.41) is 0. The van der Waals surface area contributed by atoms with Gasteiger partial charge in [0, 0.05) is 12.2 Å². The van der Waals surface area contributed by atoms with Crippen LogP contribution in [-0.4, -0.2) is 29.5 Å². The summed E-state index contributed by atoms with van der Waals surface area (Å²) in [5.74, 6) is -0.759. The topological polar surface area (TPSA) is 72.6 Å². The van der Waals surface area contributed by atoms with Gasteiger partial charge in [-0.2, -0.15) is 0 Å². The van der Waals surface area contributed by atoms with E-state index in [2.05, 4.69) is 4.98 Å². The number of amides is 1. The second-order valence-corrected chi connectivity index (χ2v) is 6.53. The van der Waals surface area contributed by atoms with E-state index >= 15 is 0 Å².